The van der Waals surface area contributed by atoms with Gasteiger partial charge in [0.05, 0.1) is 5.02 Å². The number of nitrogens with one attached hydrogen (secondary N) is 1. The summed E-state index contributed by atoms with van der Waals surface area (Å²) in [5.74, 6) is 1.09. The minimum atomic E-state index is -1.21. The Labute approximate surface area is 119 Å². The molecule has 0 bridgehead atoms. The van der Waals surface area contributed by atoms with Crippen LogP contribution in [0.4, 0.5) is 0 Å². The lowest BCUT2D eigenvalue weighted by atomic mass is 10.1. The van der Waals surface area contributed by atoms with Crippen molar-refractivity contribution in [3.63, 3.8) is 0 Å². The molecule has 1 amide bonds. The van der Waals surface area contributed by atoms with Crippen molar-refractivity contribution >= 4 is 23.5 Å². The maximum atomic E-state index is 12.0. The molecule has 0 saturated carbocycles. The van der Waals surface area contributed by atoms with Gasteiger partial charge in [0.2, 0.25) is 6.79 Å². The van der Waals surface area contributed by atoms with Gasteiger partial charge in [-0.15, -0.1) is 12.3 Å². The first-order valence-corrected chi connectivity index (χ1v) is 5.97. The van der Waals surface area contributed by atoms with Gasteiger partial charge in [0.15, 0.2) is 11.5 Å². The summed E-state index contributed by atoms with van der Waals surface area (Å²) in [5, 5.41) is 11.5. The second-order valence-electron chi connectivity index (χ2n) is 3.96. The zero-order valence-corrected chi connectivity index (χ0v) is 10.9. The van der Waals surface area contributed by atoms with Gasteiger partial charge < -0.3 is 19.9 Å². The lowest BCUT2D eigenvalue weighted by molar-refractivity contribution is -0.139. The number of fused-ring (bicyclic) bond motifs is 1. The first-order valence-electron chi connectivity index (χ1n) is 5.59. The second kappa shape index (κ2) is 5.72. The van der Waals surface area contributed by atoms with Gasteiger partial charge in [-0.05, 0) is 12.1 Å². The molecule has 1 aromatic carbocycles. The van der Waals surface area contributed by atoms with Crippen molar-refractivity contribution in [2.75, 3.05) is 6.79 Å². The molecule has 1 aliphatic heterocycles. The van der Waals surface area contributed by atoms with Crippen LogP contribution in [0.1, 0.15) is 16.8 Å². The Balaban J connectivity index is 2.20. The number of carboxylic acid groups (broad SMARTS) is 1. The molecule has 0 saturated heterocycles. The van der Waals surface area contributed by atoms with Gasteiger partial charge >= 0.3 is 5.97 Å². The molecule has 1 unspecified atom stereocenters. The average Bonchev–Trinajstić information content (AvgIpc) is 2.86. The van der Waals surface area contributed by atoms with Crippen LogP contribution >= 0.6 is 11.6 Å². The Morgan fingerprint density at radius 2 is 2.25 bits per heavy atom. The highest BCUT2D eigenvalue weighted by atomic mass is 35.5. The Kier molecular flexibility index (Phi) is 4.01. The summed E-state index contributed by atoms with van der Waals surface area (Å²) in [6.45, 7) is 0.0228. The first-order chi connectivity index (χ1) is 9.52. The number of terminal acetylenes is 1. The minimum absolute atomic E-state index is 0.0228. The van der Waals surface area contributed by atoms with E-state index in [0.29, 0.717) is 11.5 Å². The van der Waals surface area contributed by atoms with Gasteiger partial charge in [-0.25, -0.2) is 4.79 Å². The van der Waals surface area contributed by atoms with Gasteiger partial charge in [0.1, 0.15) is 6.04 Å². The Morgan fingerprint density at radius 1 is 1.50 bits per heavy atom. The van der Waals surface area contributed by atoms with E-state index in [1.807, 2.05) is 0 Å². The SMILES string of the molecule is C#CCC(NC(=O)c1cc(Cl)c2c(c1)OCO2)C(=O)O. The van der Waals surface area contributed by atoms with Crippen molar-refractivity contribution in [2.45, 2.75) is 12.5 Å². The standard InChI is InChI=1S/C13H10ClNO5/c1-2-3-9(13(17)18)15-12(16)7-4-8(14)11-10(5-7)19-6-20-11/h1,4-5,9H,3,6H2,(H,15,16)(H,17,18). The van der Waals surface area contributed by atoms with Crippen LogP contribution in [-0.4, -0.2) is 29.8 Å². The number of benzene rings is 1. The summed E-state index contributed by atoms with van der Waals surface area (Å²) in [7, 11) is 0. The van der Waals surface area contributed by atoms with Gasteiger partial charge in [-0.3, -0.25) is 4.79 Å². The molecular weight excluding hydrogens is 286 g/mol. The maximum absolute atomic E-state index is 12.0. The topological polar surface area (TPSA) is 84.9 Å². The fourth-order valence-electron chi connectivity index (χ4n) is 1.66. The normalized spacial score (nSPS) is 13.4. The van der Waals surface area contributed by atoms with Gasteiger partial charge in [-0.1, -0.05) is 11.6 Å². The van der Waals surface area contributed by atoms with Crippen LogP contribution in [0.25, 0.3) is 0 Å². The second-order valence-corrected chi connectivity index (χ2v) is 4.37. The molecule has 0 aliphatic carbocycles. The molecule has 104 valence electrons. The highest BCUT2D eigenvalue weighted by Crippen LogP contribution is 2.39. The molecule has 0 fully saturated rings. The molecule has 2 rings (SSSR count). The first kappa shape index (κ1) is 14.0. The number of amides is 1. The van der Waals surface area contributed by atoms with Crippen LogP contribution in [0.2, 0.25) is 5.02 Å². The summed E-state index contributed by atoms with van der Waals surface area (Å²) >= 11 is 5.95. The van der Waals surface area contributed by atoms with E-state index in [9.17, 15) is 9.59 Å². The third-order valence-corrected chi connectivity index (χ3v) is 2.90. The van der Waals surface area contributed by atoms with E-state index >= 15 is 0 Å². The molecule has 1 aliphatic rings. The van der Waals surface area contributed by atoms with Crippen molar-refractivity contribution in [1.29, 1.82) is 0 Å². The van der Waals surface area contributed by atoms with Crippen molar-refractivity contribution in [2.24, 2.45) is 0 Å². The van der Waals surface area contributed by atoms with Crippen LogP contribution in [-0.2, 0) is 4.79 Å². The third-order valence-electron chi connectivity index (χ3n) is 2.61. The van der Waals surface area contributed by atoms with Crippen molar-refractivity contribution in [3.8, 4) is 23.8 Å². The summed E-state index contributed by atoms with van der Waals surface area (Å²) < 4.78 is 10.3. The molecule has 2 N–H and O–H groups in total. The molecule has 0 radical (unpaired) electrons. The van der Waals surface area contributed by atoms with Crippen LogP contribution in [0.15, 0.2) is 12.1 Å². The average molecular weight is 296 g/mol. The van der Waals surface area contributed by atoms with Crippen LogP contribution < -0.4 is 14.8 Å². The minimum Gasteiger partial charge on any atom is -0.480 e. The zero-order chi connectivity index (χ0) is 14.7. The van der Waals surface area contributed by atoms with Crippen molar-refractivity contribution in [1.82, 2.24) is 5.32 Å². The molecule has 0 spiro atoms. The number of carbonyl (C=O) groups excluding carboxylic acids is 1. The predicted octanol–water partition coefficient (Wildman–Crippen LogP) is 1.27. The zero-order valence-electron chi connectivity index (χ0n) is 10.2. The molecule has 1 aromatic rings. The number of rotatable bonds is 4. The predicted molar refractivity (Wildman–Crippen MR) is 69.9 cm³/mol. The van der Waals surface area contributed by atoms with Crippen LogP contribution in [0.3, 0.4) is 0 Å². The highest BCUT2D eigenvalue weighted by Gasteiger charge is 2.23. The van der Waals surface area contributed by atoms with Crippen LogP contribution in [0.5, 0.6) is 11.5 Å². The number of hydrogen-bond donors (Lipinski definition) is 2. The molecular formula is C13H10ClNO5. The van der Waals surface area contributed by atoms with E-state index in [2.05, 4.69) is 11.2 Å². The van der Waals surface area contributed by atoms with Gasteiger partial charge in [0, 0.05) is 12.0 Å². The highest BCUT2D eigenvalue weighted by molar-refractivity contribution is 6.32. The lowest BCUT2D eigenvalue weighted by Gasteiger charge is -2.12. The monoisotopic (exact) mass is 295 g/mol. The van der Waals surface area contributed by atoms with Gasteiger partial charge in [0.25, 0.3) is 5.91 Å². The Hall–Kier alpha value is -2.39. The van der Waals surface area contributed by atoms with Crippen molar-refractivity contribution in [3.05, 3.63) is 22.7 Å². The van der Waals surface area contributed by atoms with Crippen molar-refractivity contribution < 1.29 is 24.2 Å². The summed E-state index contributed by atoms with van der Waals surface area (Å²) in [4.78, 5) is 22.9. The summed E-state index contributed by atoms with van der Waals surface area (Å²) in [6, 6.07) is 1.65. The number of hydrogen-bond acceptors (Lipinski definition) is 4. The van der Waals surface area contributed by atoms with E-state index in [1.165, 1.54) is 12.1 Å². The fraction of sp³-hybridized carbons (Fsp3) is 0.231. The van der Waals surface area contributed by atoms with E-state index in [0.717, 1.165) is 0 Å². The van der Waals surface area contributed by atoms with E-state index < -0.39 is 17.9 Å². The molecule has 6 nitrogen and oxygen atoms in total. The number of carbonyl (C=O) groups is 2. The number of carboxylic acids is 1. The molecule has 20 heavy (non-hydrogen) atoms. The number of aliphatic carboxylic acids is 1. The van der Waals surface area contributed by atoms with Crippen LogP contribution in [0, 0.1) is 12.3 Å². The fourth-order valence-corrected chi connectivity index (χ4v) is 1.92. The number of ether oxygens (including phenoxy) is 2. The van der Waals surface area contributed by atoms with E-state index in [1.54, 1.807) is 0 Å². The van der Waals surface area contributed by atoms with E-state index in [4.69, 9.17) is 32.6 Å². The molecule has 7 heteroatoms. The smallest absolute Gasteiger partial charge is 0.327 e. The maximum Gasteiger partial charge on any atom is 0.327 e. The lowest BCUT2D eigenvalue weighted by Crippen LogP contribution is -2.40. The number of halogens is 1. The molecule has 1 heterocycles. The van der Waals surface area contributed by atoms with Gasteiger partial charge in [-0.2, -0.15) is 0 Å². The summed E-state index contributed by atoms with van der Waals surface area (Å²) in [5.41, 5.74) is 0.169. The molecule has 0 aromatic heterocycles. The summed E-state index contributed by atoms with van der Waals surface area (Å²) in [6.07, 6.45) is 4.95. The quantitative estimate of drug-likeness (QED) is 0.817. The largest absolute Gasteiger partial charge is 0.480 e. The Bertz CT molecular complexity index is 608. The Morgan fingerprint density at radius 3 is 2.90 bits per heavy atom. The van der Waals surface area contributed by atoms with E-state index in [-0.39, 0.29) is 23.8 Å². The molecule has 1 atom stereocenters. The third kappa shape index (κ3) is 2.78.